The molecule has 3 N–H and O–H groups in total. The summed E-state index contributed by atoms with van der Waals surface area (Å²) in [6.07, 6.45) is 2.27. The van der Waals surface area contributed by atoms with Gasteiger partial charge in [-0.25, -0.2) is 0 Å². The van der Waals surface area contributed by atoms with Crippen LogP contribution in [0.3, 0.4) is 0 Å². The van der Waals surface area contributed by atoms with Crippen LogP contribution in [-0.4, -0.2) is 65.0 Å². The molecule has 2 heterocycles. The third-order valence-corrected chi connectivity index (χ3v) is 4.21. The van der Waals surface area contributed by atoms with E-state index in [1.807, 2.05) is 30.2 Å². The number of aromatic nitrogens is 2. The molecule has 0 saturated carbocycles. The van der Waals surface area contributed by atoms with Crippen LogP contribution < -0.4 is 10.1 Å². The number of aliphatic hydroxyl groups excluding tert-OH is 1. The number of H-pyrrole nitrogens is 1. The van der Waals surface area contributed by atoms with E-state index in [-0.39, 0.29) is 12.0 Å². The summed E-state index contributed by atoms with van der Waals surface area (Å²) >= 11 is 0. The summed E-state index contributed by atoms with van der Waals surface area (Å²) in [5, 5.41) is 19.3. The summed E-state index contributed by atoms with van der Waals surface area (Å²) in [6.45, 7) is 4.41. The second kappa shape index (κ2) is 8.13. The Hall–Kier alpha value is -2.38. The fourth-order valence-corrected chi connectivity index (χ4v) is 2.91. The van der Waals surface area contributed by atoms with E-state index in [1.165, 1.54) is 0 Å². The Bertz CT molecular complexity index is 716. The minimum absolute atomic E-state index is 0.0490. The number of nitrogens with one attached hydrogen (secondary N) is 2. The van der Waals surface area contributed by atoms with Gasteiger partial charge in [0.25, 0.3) is 0 Å². The number of aryl methyl sites for hydroxylation is 1. The summed E-state index contributed by atoms with van der Waals surface area (Å²) in [7, 11) is 0. The predicted molar refractivity (Wildman–Crippen MR) is 93.2 cm³/mol. The average molecular weight is 343 g/mol. The lowest BCUT2D eigenvalue weighted by molar-refractivity contribution is -0.122. The third kappa shape index (κ3) is 4.80. The lowest BCUT2D eigenvalue weighted by atomic mass is 10.1. The first kappa shape index (κ1) is 17.4. The van der Waals surface area contributed by atoms with Crippen LogP contribution in [0.1, 0.15) is 12.1 Å². The van der Waals surface area contributed by atoms with Crippen molar-refractivity contribution in [2.24, 2.45) is 0 Å². The number of nitrogens with zero attached hydrogens (tertiary/aromatic N) is 2. The number of ether oxygens (including phenoxy) is 1. The van der Waals surface area contributed by atoms with Crippen molar-refractivity contribution in [3.8, 4) is 16.9 Å². The minimum Gasteiger partial charge on any atom is -0.492 e. The second-order valence-electron chi connectivity index (χ2n) is 6.22. The van der Waals surface area contributed by atoms with Gasteiger partial charge in [-0.15, -0.1) is 0 Å². The van der Waals surface area contributed by atoms with Crippen molar-refractivity contribution in [1.29, 1.82) is 0 Å². The third-order valence-electron chi connectivity index (χ3n) is 4.21. The summed E-state index contributed by atoms with van der Waals surface area (Å²) in [5.41, 5.74) is 2.92. The molecule has 1 aliphatic heterocycles. The first-order chi connectivity index (χ1) is 12.1. The number of benzene rings is 1. The molecule has 1 aliphatic rings. The molecule has 133 valence electrons. The Labute approximate surface area is 147 Å². The Morgan fingerprint density at radius 1 is 1.56 bits per heavy atom. The first-order valence-electron chi connectivity index (χ1n) is 8.43. The second-order valence-corrected chi connectivity index (χ2v) is 6.22. The van der Waals surface area contributed by atoms with Gasteiger partial charge in [-0.2, -0.15) is 5.10 Å². The number of hydrogen-bond donors (Lipinski definition) is 3. The summed E-state index contributed by atoms with van der Waals surface area (Å²) in [4.78, 5) is 13.8. The lowest BCUT2D eigenvalue weighted by Gasteiger charge is -2.14. The topological polar surface area (TPSA) is 90.5 Å². The molecule has 0 spiro atoms. The Morgan fingerprint density at radius 2 is 2.44 bits per heavy atom. The monoisotopic (exact) mass is 343 g/mol. The van der Waals surface area contributed by atoms with Gasteiger partial charge in [-0.1, -0.05) is 0 Å². The highest BCUT2D eigenvalue weighted by Gasteiger charge is 2.21. The van der Waals surface area contributed by atoms with Crippen LogP contribution in [0.5, 0.6) is 5.75 Å². The number of aromatic amines is 1. The van der Waals surface area contributed by atoms with Gasteiger partial charge in [0.05, 0.1) is 24.9 Å². The minimum atomic E-state index is -0.307. The molecule has 1 aromatic carbocycles. The van der Waals surface area contributed by atoms with Gasteiger partial charge in [-0.3, -0.25) is 14.8 Å². The molecule has 25 heavy (non-hydrogen) atoms. The molecule has 1 atom stereocenters. The normalized spacial score (nSPS) is 17.6. The largest absolute Gasteiger partial charge is 0.492 e. The molecule has 7 nitrogen and oxygen atoms in total. The summed E-state index contributed by atoms with van der Waals surface area (Å²) in [5.74, 6) is 0.655. The number of aliphatic hydroxyl groups is 1. The molecule has 0 bridgehead atoms. The summed E-state index contributed by atoms with van der Waals surface area (Å²) < 4.78 is 5.69. The van der Waals surface area contributed by atoms with Crippen molar-refractivity contribution < 1.29 is 14.6 Å². The molecular weight excluding hydrogens is 320 g/mol. The van der Waals surface area contributed by atoms with Crippen molar-refractivity contribution >= 4 is 5.91 Å². The maximum Gasteiger partial charge on any atom is 0.234 e. The van der Waals surface area contributed by atoms with Gasteiger partial charge >= 0.3 is 0 Å². The highest BCUT2D eigenvalue weighted by atomic mass is 16.5. The molecule has 2 aromatic rings. The maximum absolute atomic E-state index is 11.9. The molecule has 0 unspecified atom stereocenters. The molecule has 1 radical (unpaired) electrons. The van der Waals surface area contributed by atoms with E-state index < -0.39 is 0 Å². The van der Waals surface area contributed by atoms with Crippen molar-refractivity contribution in [1.82, 2.24) is 20.4 Å². The number of carbonyl (C=O) groups excluding carboxylic acids is 1. The molecule has 0 aliphatic carbocycles. The molecule has 1 amide bonds. The number of rotatable bonds is 7. The van der Waals surface area contributed by atoms with Crippen molar-refractivity contribution in [2.45, 2.75) is 19.4 Å². The smallest absolute Gasteiger partial charge is 0.234 e. The van der Waals surface area contributed by atoms with Gasteiger partial charge in [0, 0.05) is 24.8 Å². The zero-order valence-corrected chi connectivity index (χ0v) is 14.3. The van der Waals surface area contributed by atoms with E-state index in [2.05, 4.69) is 21.6 Å². The Morgan fingerprint density at radius 3 is 3.16 bits per heavy atom. The van der Waals surface area contributed by atoms with Crippen LogP contribution in [0, 0.1) is 13.0 Å². The number of likely N-dealkylation sites (tertiary alicyclic amines) is 1. The van der Waals surface area contributed by atoms with E-state index in [9.17, 15) is 9.90 Å². The van der Waals surface area contributed by atoms with Crippen LogP contribution in [0.4, 0.5) is 0 Å². The zero-order valence-electron chi connectivity index (χ0n) is 14.3. The van der Waals surface area contributed by atoms with E-state index >= 15 is 0 Å². The van der Waals surface area contributed by atoms with E-state index in [4.69, 9.17) is 4.74 Å². The van der Waals surface area contributed by atoms with Gasteiger partial charge in [-0.05, 0) is 43.2 Å². The first-order valence-corrected chi connectivity index (χ1v) is 8.43. The van der Waals surface area contributed by atoms with Crippen LogP contribution in [0.25, 0.3) is 11.1 Å². The van der Waals surface area contributed by atoms with Gasteiger partial charge < -0.3 is 15.2 Å². The Kier molecular flexibility index (Phi) is 5.67. The molecule has 1 fully saturated rings. The van der Waals surface area contributed by atoms with E-state index in [0.717, 1.165) is 29.8 Å². The maximum atomic E-state index is 11.9. The predicted octanol–water partition coefficient (Wildman–Crippen LogP) is 0.747. The van der Waals surface area contributed by atoms with Crippen molar-refractivity contribution in [2.75, 3.05) is 32.8 Å². The Balaban J connectivity index is 1.42. The molecule has 7 heteroatoms. The number of β-amino-alcohol motifs (C(OH)–C–C–N with tert-alkyl or cyclic N) is 1. The number of hydrogen-bond acceptors (Lipinski definition) is 5. The molecule has 1 aromatic heterocycles. The van der Waals surface area contributed by atoms with Crippen LogP contribution in [0.2, 0.25) is 0 Å². The fraction of sp³-hybridized carbons (Fsp3) is 0.444. The fourth-order valence-electron chi connectivity index (χ4n) is 2.91. The van der Waals surface area contributed by atoms with Gasteiger partial charge in [0.2, 0.25) is 5.91 Å². The lowest BCUT2D eigenvalue weighted by Crippen LogP contribution is -2.38. The SMILES string of the molecule is Cc1n[nH]cc1-c1c[c]cc(OCCNC(=O)CN2CC[C@@H](O)C2)c1. The standard InChI is InChI=1S/C18H23N4O3/c1-13-17(10-20-21-13)14-3-2-4-16(9-14)25-8-6-19-18(24)12-22-7-5-15(23)11-22/h3-4,9-10,15,23H,5-8,11-12H2,1H3,(H,19,24)(H,20,21)/t15-/m1/s1. The molecule has 1 saturated heterocycles. The van der Waals surface area contributed by atoms with Gasteiger partial charge in [0.15, 0.2) is 0 Å². The van der Waals surface area contributed by atoms with Crippen molar-refractivity contribution in [3.63, 3.8) is 0 Å². The number of carbonyl (C=O) groups is 1. The number of amides is 1. The molecule has 3 rings (SSSR count). The quantitative estimate of drug-likeness (QED) is 0.646. The molecular formula is C18H23N4O3. The van der Waals surface area contributed by atoms with E-state index in [0.29, 0.717) is 32.0 Å². The van der Waals surface area contributed by atoms with Crippen molar-refractivity contribution in [3.05, 3.63) is 36.2 Å². The zero-order chi connectivity index (χ0) is 17.6. The highest BCUT2D eigenvalue weighted by molar-refractivity contribution is 5.78. The van der Waals surface area contributed by atoms with E-state index in [1.54, 1.807) is 6.07 Å². The van der Waals surface area contributed by atoms with Gasteiger partial charge in [0.1, 0.15) is 12.4 Å². The van der Waals surface area contributed by atoms with Crippen LogP contribution >= 0.6 is 0 Å². The van der Waals surface area contributed by atoms with Crippen LogP contribution in [-0.2, 0) is 4.79 Å². The van der Waals surface area contributed by atoms with Crippen LogP contribution in [0.15, 0.2) is 24.4 Å². The summed E-state index contributed by atoms with van der Waals surface area (Å²) in [6, 6.07) is 8.65. The highest BCUT2D eigenvalue weighted by Crippen LogP contribution is 2.24. The average Bonchev–Trinajstić information content (AvgIpc) is 3.20.